The van der Waals surface area contributed by atoms with E-state index in [4.69, 9.17) is 0 Å². The molecule has 6 nitrogen and oxygen atoms in total. The molecule has 2 fully saturated rings. The Morgan fingerprint density at radius 3 is 2.55 bits per heavy atom. The van der Waals surface area contributed by atoms with Crippen molar-refractivity contribution in [3.05, 3.63) is 69.1 Å². The van der Waals surface area contributed by atoms with Gasteiger partial charge in [0.25, 0.3) is 11.5 Å². The Labute approximate surface area is 186 Å². The third-order valence-corrected chi connectivity index (χ3v) is 7.52. The van der Waals surface area contributed by atoms with Gasteiger partial charge in [-0.15, -0.1) is 11.3 Å². The number of likely N-dealkylation sites (tertiary alicyclic amines) is 2. The monoisotopic (exact) mass is 436 g/mol. The van der Waals surface area contributed by atoms with E-state index in [9.17, 15) is 9.59 Å². The number of carbonyl (C=O) groups is 1. The van der Waals surface area contributed by atoms with Crippen molar-refractivity contribution >= 4 is 22.2 Å². The van der Waals surface area contributed by atoms with E-state index in [-0.39, 0.29) is 17.0 Å². The van der Waals surface area contributed by atoms with Gasteiger partial charge in [-0.2, -0.15) is 0 Å². The van der Waals surface area contributed by atoms with Gasteiger partial charge in [0, 0.05) is 43.3 Å². The summed E-state index contributed by atoms with van der Waals surface area (Å²) in [6.45, 7) is 5.03. The molecular formula is C24H28N4O2S. The smallest absolute Gasteiger partial charge is 0.271 e. The van der Waals surface area contributed by atoms with Crippen LogP contribution in [0.15, 0.2) is 47.5 Å². The predicted molar refractivity (Wildman–Crippen MR) is 123 cm³/mol. The fraction of sp³-hybridized carbons (Fsp3) is 0.458. The molecule has 7 heteroatoms. The van der Waals surface area contributed by atoms with E-state index >= 15 is 0 Å². The molecule has 0 aliphatic carbocycles. The molecule has 162 valence electrons. The Morgan fingerprint density at radius 2 is 1.81 bits per heavy atom. The molecule has 3 aromatic rings. The van der Waals surface area contributed by atoms with E-state index in [1.165, 1.54) is 53.4 Å². The maximum atomic E-state index is 13.1. The Balaban J connectivity index is 1.28. The molecule has 0 atom stereocenters. The number of amides is 1. The Morgan fingerprint density at radius 1 is 1.06 bits per heavy atom. The maximum Gasteiger partial charge on any atom is 0.271 e. The van der Waals surface area contributed by atoms with Gasteiger partial charge in [0.2, 0.25) is 0 Å². The largest absolute Gasteiger partial charge is 0.338 e. The lowest BCUT2D eigenvalue weighted by atomic mass is 9.96. The Bertz CT molecular complexity index is 1110. The maximum absolute atomic E-state index is 13.1. The molecule has 4 heterocycles. The normalized spacial score (nSPS) is 18.1. The third-order valence-electron chi connectivity index (χ3n) is 6.52. The Hall–Kier alpha value is -2.51. The van der Waals surface area contributed by atoms with Crippen LogP contribution >= 0.6 is 11.3 Å². The van der Waals surface area contributed by atoms with Crippen molar-refractivity contribution < 1.29 is 4.79 Å². The van der Waals surface area contributed by atoms with Crippen molar-refractivity contribution in [2.75, 3.05) is 32.7 Å². The minimum Gasteiger partial charge on any atom is -0.338 e. The molecule has 31 heavy (non-hydrogen) atoms. The second-order valence-corrected chi connectivity index (χ2v) is 9.83. The highest BCUT2D eigenvalue weighted by Crippen LogP contribution is 2.22. The second kappa shape index (κ2) is 8.93. The highest BCUT2D eigenvalue weighted by Gasteiger charge is 2.27. The summed E-state index contributed by atoms with van der Waals surface area (Å²) >= 11 is 1.50. The quantitative estimate of drug-likeness (QED) is 0.616. The minimum atomic E-state index is -0.259. The minimum absolute atomic E-state index is 0.178. The summed E-state index contributed by atoms with van der Waals surface area (Å²) in [5.41, 5.74) is 1.11. The molecule has 1 amide bonds. The third kappa shape index (κ3) is 4.43. The molecule has 0 bridgehead atoms. The van der Waals surface area contributed by atoms with Crippen LogP contribution in [-0.2, 0) is 6.42 Å². The molecule has 0 radical (unpaired) electrons. The van der Waals surface area contributed by atoms with Crippen LogP contribution in [0.4, 0.5) is 0 Å². The number of carbonyl (C=O) groups excluding carboxylic acids is 1. The van der Waals surface area contributed by atoms with Crippen LogP contribution in [0.25, 0.3) is 4.96 Å². The lowest BCUT2D eigenvalue weighted by Gasteiger charge is -2.33. The number of nitrogens with zero attached hydrogens (tertiary/aromatic N) is 4. The molecular weight excluding hydrogens is 408 g/mol. The van der Waals surface area contributed by atoms with Crippen LogP contribution in [0, 0.1) is 5.92 Å². The lowest BCUT2D eigenvalue weighted by molar-refractivity contribution is 0.0670. The van der Waals surface area contributed by atoms with Crippen molar-refractivity contribution in [2.45, 2.75) is 32.1 Å². The van der Waals surface area contributed by atoms with E-state index in [0.29, 0.717) is 10.9 Å². The number of fused-ring (bicyclic) bond motifs is 1. The molecule has 2 saturated heterocycles. The number of aromatic nitrogens is 2. The first-order chi connectivity index (χ1) is 15.2. The van der Waals surface area contributed by atoms with E-state index < -0.39 is 0 Å². The fourth-order valence-corrected chi connectivity index (χ4v) is 5.75. The fourth-order valence-electron chi connectivity index (χ4n) is 4.78. The molecule has 0 unspecified atom stereocenters. The number of hydrogen-bond donors (Lipinski definition) is 0. The van der Waals surface area contributed by atoms with Crippen molar-refractivity contribution in [3.63, 3.8) is 0 Å². The molecule has 0 saturated carbocycles. The van der Waals surface area contributed by atoms with Gasteiger partial charge in [-0.25, -0.2) is 4.98 Å². The number of hydrogen-bond acceptors (Lipinski definition) is 5. The summed E-state index contributed by atoms with van der Waals surface area (Å²) in [6.07, 6.45) is 8.71. The zero-order valence-corrected chi connectivity index (χ0v) is 18.5. The molecule has 2 aliphatic heterocycles. The first-order valence-electron chi connectivity index (χ1n) is 11.2. The first kappa shape index (κ1) is 20.4. The standard InChI is InChI=1S/C24H28N4O2S/c29-22(27-12-8-19(9-13-27)16-26-10-4-5-11-26)21-15-25-24-28(23(21)30)17-20(31-24)14-18-6-2-1-3-7-18/h1-3,6-7,15,17,19H,4-5,8-14,16H2. The summed E-state index contributed by atoms with van der Waals surface area (Å²) in [6, 6.07) is 10.2. The highest BCUT2D eigenvalue weighted by atomic mass is 32.1. The average Bonchev–Trinajstić information content (AvgIpc) is 3.45. The number of benzene rings is 1. The molecule has 2 aromatic heterocycles. The summed E-state index contributed by atoms with van der Waals surface area (Å²) in [5, 5.41) is 0. The number of piperidine rings is 1. The zero-order chi connectivity index (χ0) is 21.2. The van der Waals surface area contributed by atoms with E-state index in [1.807, 2.05) is 29.3 Å². The lowest BCUT2D eigenvalue weighted by Crippen LogP contribution is -2.43. The zero-order valence-electron chi connectivity index (χ0n) is 17.7. The summed E-state index contributed by atoms with van der Waals surface area (Å²) in [7, 11) is 0. The van der Waals surface area contributed by atoms with Gasteiger partial charge >= 0.3 is 0 Å². The number of thiazole rings is 1. The van der Waals surface area contributed by atoms with E-state index in [0.717, 1.165) is 43.8 Å². The molecule has 1 aromatic carbocycles. The van der Waals surface area contributed by atoms with E-state index in [1.54, 1.807) is 0 Å². The van der Waals surface area contributed by atoms with Gasteiger partial charge in [0.1, 0.15) is 5.56 Å². The van der Waals surface area contributed by atoms with E-state index in [2.05, 4.69) is 22.0 Å². The molecule has 2 aliphatic rings. The summed E-state index contributed by atoms with van der Waals surface area (Å²) in [4.78, 5) is 36.6. The Kier molecular flexibility index (Phi) is 5.87. The van der Waals surface area contributed by atoms with Crippen LogP contribution in [0.5, 0.6) is 0 Å². The predicted octanol–water partition coefficient (Wildman–Crippen LogP) is 3.29. The average molecular weight is 437 g/mol. The SMILES string of the molecule is O=C(c1cnc2sc(Cc3ccccc3)cn2c1=O)N1CCC(CN2CCCC2)CC1. The van der Waals surface area contributed by atoms with Crippen LogP contribution in [0.3, 0.4) is 0 Å². The van der Waals surface area contributed by atoms with Gasteiger partial charge in [0.05, 0.1) is 0 Å². The first-order valence-corrected chi connectivity index (χ1v) is 12.0. The summed E-state index contributed by atoms with van der Waals surface area (Å²) < 4.78 is 1.54. The van der Waals surface area contributed by atoms with Gasteiger partial charge < -0.3 is 9.80 Å². The van der Waals surface area contributed by atoms with Crippen molar-refractivity contribution in [2.24, 2.45) is 5.92 Å². The van der Waals surface area contributed by atoms with Crippen molar-refractivity contribution in [1.82, 2.24) is 19.2 Å². The second-order valence-electron chi connectivity index (χ2n) is 8.73. The van der Waals surface area contributed by atoms with Crippen LogP contribution in [0.1, 0.15) is 46.5 Å². The van der Waals surface area contributed by atoms with Crippen molar-refractivity contribution in [1.29, 1.82) is 0 Å². The van der Waals surface area contributed by atoms with Crippen LogP contribution < -0.4 is 5.56 Å². The van der Waals surface area contributed by atoms with Gasteiger partial charge in [-0.05, 0) is 50.3 Å². The van der Waals surface area contributed by atoms with Crippen LogP contribution in [0.2, 0.25) is 0 Å². The number of rotatable bonds is 5. The van der Waals surface area contributed by atoms with Gasteiger partial charge in [0.15, 0.2) is 4.96 Å². The van der Waals surface area contributed by atoms with Gasteiger partial charge in [-0.1, -0.05) is 30.3 Å². The van der Waals surface area contributed by atoms with Crippen molar-refractivity contribution in [3.8, 4) is 0 Å². The van der Waals surface area contributed by atoms with Gasteiger partial charge in [-0.3, -0.25) is 14.0 Å². The molecule has 0 spiro atoms. The molecule has 0 N–H and O–H groups in total. The molecule has 5 rings (SSSR count). The van der Waals surface area contributed by atoms with Crippen LogP contribution in [-0.4, -0.2) is 57.8 Å². The highest BCUT2D eigenvalue weighted by molar-refractivity contribution is 7.17. The topological polar surface area (TPSA) is 57.9 Å². The summed E-state index contributed by atoms with van der Waals surface area (Å²) in [5.74, 6) is 0.476.